The summed E-state index contributed by atoms with van der Waals surface area (Å²) in [4.78, 5) is 11.3. The van der Waals surface area contributed by atoms with Crippen LogP contribution in [-0.2, 0) is 15.1 Å². The number of nitriles is 1. The van der Waals surface area contributed by atoms with Gasteiger partial charge in [-0.05, 0) is 35.6 Å². The molecule has 0 spiro atoms. The van der Waals surface area contributed by atoms with Crippen LogP contribution in [0.1, 0.15) is 19.4 Å². The fourth-order valence-corrected chi connectivity index (χ4v) is 4.13. The van der Waals surface area contributed by atoms with E-state index in [1.807, 2.05) is 12.1 Å². The highest BCUT2D eigenvalue weighted by Gasteiger charge is 2.69. The molecule has 0 bridgehead atoms. The zero-order chi connectivity index (χ0) is 22.9. The number of para-hydroxylation sites is 1. The van der Waals surface area contributed by atoms with E-state index in [1.165, 1.54) is 0 Å². The predicted octanol–water partition coefficient (Wildman–Crippen LogP) is 6.33. The first kappa shape index (κ1) is 22.7. The SMILES string of the molecule is CC1(C)C(C=C(Cl)C(F)(F)F)C1C(C#N)(OC=O)c1cccc(Oc2ccccc2)c1. The summed E-state index contributed by atoms with van der Waals surface area (Å²) in [5.74, 6) is -0.544. The molecule has 3 atom stereocenters. The lowest BCUT2D eigenvalue weighted by Crippen LogP contribution is -2.32. The van der Waals surface area contributed by atoms with Crippen molar-refractivity contribution in [3.63, 3.8) is 0 Å². The van der Waals surface area contributed by atoms with Crippen molar-refractivity contribution >= 4 is 18.1 Å². The minimum Gasteiger partial charge on any atom is -0.457 e. The highest BCUT2D eigenvalue weighted by atomic mass is 35.5. The average Bonchev–Trinajstić information content (AvgIpc) is 3.26. The quantitative estimate of drug-likeness (QED) is 0.463. The fraction of sp³-hybridized carbons (Fsp3) is 0.304. The standard InChI is InChI=1S/C23H19ClF3NO3/c1-21(2)18(12-19(24)23(25,26)27)20(21)22(13-28,30-14-29)15-7-6-10-17(11-15)31-16-8-4-3-5-9-16/h3-12,14,18,20H,1-2H3. The normalized spacial score (nSPS) is 22.0. The van der Waals surface area contributed by atoms with Crippen LogP contribution in [0.25, 0.3) is 0 Å². The molecule has 0 saturated heterocycles. The van der Waals surface area contributed by atoms with Gasteiger partial charge in [0.1, 0.15) is 22.6 Å². The molecule has 0 aromatic heterocycles. The topological polar surface area (TPSA) is 59.3 Å². The number of ether oxygens (including phenoxy) is 2. The van der Waals surface area contributed by atoms with E-state index in [1.54, 1.807) is 62.4 Å². The molecular formula is C23H19ClF3NO3. The van der Waals surface area contributed by atoms with Crippen molar-refractivity contribution < 1.29 is 27.4 Å². The van der Waals surface area contributed by atoms with Crippen LogP contribution in [0.5, 0.6) is 11.5 Å². The molecule has 1 aliphatic carbocycles. The van der Waals surface area contributed by atoms with Crippen LogP contribution >= 0.6 is 11.6 Å². The van der Waals surface area contributed by atoms with E-state index < -0.39 is 34.1 Å². The third-order valence-corrected chi connectivity index (χ3v) is 5.93. The van der Waals surface area contributed by atoms with Gasteiger partial charge in [0, 0.05) is 11.5 Å². The highest BCUT2D eigenvalue weighted by molar-refractivity contribution is 6.30. The lowest BCUT2D eigenvalue weighted by Gasteiger charge is -2.27. The van der Waals surface area contributed by atoms with Crippen LogP contribution in [-0.4, -0.2) is 12.6 Å². The molecule has 0 aliphatic heterocycles. The Labute approximate surface area is 182 Å². The van der Waals surface area contributed by atoms with Gasteiger partial charge in [-0.25, -0.2) is 0 Å². The number of halogens is 4. The van der Waals surface area contributed by atoms with Crippen molar-refractivity contribution in [1.29, 1.82) is 5.26 Å². The Hall–Kier alpha value is -2.98. The molecule has 3 unspecified atom stereocenters. The minimum absolute atomic E-state index is 0.133. The van der Waals surface area contributed by atoms with Crippen molar-refractivity contribution in [2.24, 2.45) is 17.3 Å². The smallest absolute Gasteiger partial charge is 0.426 e. The molecule has 2 aromatic rings. The number of hydrogen-bond acceptors (Lipinski definition) is 4. The number of carbonyl (C=O) groups excluding carboxylic acids is 1. The van der Waals surface area contributed by atoms with Gasteiger partial charge in [-0.3, -0.25) is 4.79 Å². The second-order valence-electron chi connectivity index (χ2n) is 7.84. The zero-order valence-corrected chi connectivity index (χ0v) is 17.4. The third-order valence-electron chi connectivity index (χ3n) is 5.59. The Kier molecular flexibility index (Phi) is 6.06. The minimum atomic E-state index is -4.70. The number of nitrogens with zero attached hydrogens (tertiary/aromatic N) is 1. The van der Waals surface area contributed by atoms with Gasteiger partial charge in [0.25, 0.3) is 6.47 Å². The van der Waals surface area contributed by atoms with Crippen LogP contribution in [0.4, 0.5) is 13.2 Å². The molecule has 0 heterocycles. The second kappa shape index (κ2) is 8.27. The van der Waals surface area contributed by atoms with Gasteiger partial charge in [0.05, 0.1) is 0 Å². The molecule has 1 fully saturated rings. The summed E-state index contributed by atoms with van der Waals surface area (Å²) in [6.07, 6.45) is -3.81. The summed E-state index contributed by atoms with van der Waals surface area (Å²) in [6, 6.07) is 17.3. The summed E-state index contributed by atoms with van der Waals surface area (Å²) in [6.45, 7) is 3.53. The maximum Gasteiger partial charge on any atom is 0.426 e. The van der Waals surface area contributed by atoms with Crippen molar-refractivity contribution in [3.05, 3.63) is 71.3 Å². The number of carbonyl (C=O) groups is 1. The van der Waals surface area contributed by atoms with E-state index >= 15 is 0 Å². The van der Waals surface area contributed by atoms with E-state index in [9.17, 15) is 23.2 Å². The van der Waals surface area contributed by atoms with Gasteiger partial charge in [0.15, 0.2) is 0 Å². The first-order valence-corrected chi connectivity index (χ1v) is 9.74. The lowest BCUT2D eigenvalue weighted by atomic mass is 9.86. The Morgan fingerprint density at radius 2 is 1.77 bits per heavy atom. The van der Waals surface area contributed by atoms with Gasteiger partial charge >= 0.3 is 6.18 Å². The summed E-state index contributed by atoms with van der Waals surface area (Å²) in [5, 5.41) is 8.77. The maximum absolute atomic E-state index is 13.0. The van der Waals surface area contributed by atoms with Crippen molar-refractivity contribution in [2.75, 3.05) is 0 Å². The van der Waals surface area contributed by atoms with Crippen LogP contribution < -0.4 is 4.74 Å². The number of benzene rings is 2. The van der Waals surface area contributed by atoms with Crippen molar-refractivity contribution in [1.82, 2.24) is 0 Å². The van der Waals surface area contributed by atoms with Crippen molar-refractivity contribution in [3.8, 4) is 17.6 Å². The largest absolute Gasteiger partial charge is 0.457 e. The molecule has 4 nitrogen and oxygen atoms in total. The van der Waals surface area contributed by atoms with E-state index in [2.05, 4.69) is 0 Å². The molecule has 1 aliphatic rings. The average molecular weight is 450 g/mol. The first-order chi connectivity index (χ1) is 14.6. The fourth-order valence-electron chi connectivity index (χ4n) is 3.99. The Balaban J connectivity index is 2.02. The van der Waals surface area contributed by atoms with Gasteiger partial charge in [-0.2, -0.15) is 18.4 Å². The summed E-state index contributed by atoms with van der Waals surface area (Å²) >= 11 is 5.44. The Morgan fingerprint density at radius 1 is 1.13 bits per heavy atom. The van der Waals surface area contributed by atoms with Crippen LogP contribution in [0.3, 0.4) is 0 Å². The molecule has 31 heavy (non-hydrogen) atoms. The number of rotatable bonds is 7. The predicted molar refractivity (Wildman–Crippen MR) is 108 cm³/mol. The molecule has 162 valence electrons. The van der Waals surface area contributed by atoms with Crippen LogP contribution in [0.15, 0.2) is 65.7 Å². The Bertz CT molecular complexity index is 1030. The summed E-state index contributed by atoms with van der Waals surface area (Å²) in [7, 11) is 0. The van der Waals surface area contributed by atoms with E-state index in [4.69, 9.17) is 21.1 Å². The van der Waals surface area contributed by atoms with Gasteiger partial charge in [0.2, 0.25) is 5.60 Å². The highest BCUT2D eigenvalue weighted by Crippen LogP contribution is 2.67. The van der Waals surface area contributed by atoms with Crippen molar-refractivity contribution in [2.45, 2.75) is 25.6 Å². The number of allylic oxidation sites excluding steroid dienone is 2. The first-order valence-electron chi connectivity index (χ1n) is 9.37. The zero-order valence-electron chi connectivity index (χ0n) is 16.7. The Morgan fingerprint density at radius 3 is 2.35 bits per heavy atom. The summed E-state index contributed by atoms with van der Waals surface area (Å²) in [5.41, 5.74) is -2.29. The second-order valence-corrected chi connectivity index (χ2v) is 8.25. The van der Waals surface area contributed by atoms with E-state index in [-0.39, 0.29) is 6.47 Å². The van der Waals surface area contributed by atoms with Crippen LogP contribution in [0.2, 0.25) is 0 Å². The molecule has 2 aromatic carbocycles. The molecule has 1 saturated carbocycles. The molecule has 8 heteroatoms. The molecule has 0 amide bonds. The van der Waals surface area contributed by atoms with Gasteiger partial charge in [-0.1, -0.05) is 61.9 Å². The van der Waals surface area contributed by atoms with Gasteiger partial charge in [-0.15, -0.1) is 0 Å². The van der Waals surface area contributed by atoms with Crippen LogP contribution in [0, 0.1) is 28.6 Å². The molecule has 0 radical (unpaired) electrons. The lowest BCUT2D eigenvalue weighted by molar-refractivity contribution is -0.142. The number of hydrogen-bond donors (Lipinski definition) is 0. The third kappa shape index (κ3) is 4.40. The van der Waals surface area contributed by atoms with Gasteiger partial charge < -0.3 is 9.47 Å². The summed E-state index contributed by atoms with van der Waals surface area (Å²) < 4.78 is 49.9. The molecular weight excluding hydrogens is 431 g/mol. The number of alkyl halides is 3. The monoisotopic (exact) mass is 449 g/mol. The van der Waals surface area contributed by atoms with E-state index in [0.717, 1.165) is 6.08 Å². The molecule has 0 N–H and O–H groups in total. The maximum atomic E-state index is 13.0. The molecule has 3 rings (SSSR count). The van der Waals surface area contributed by atoms with E-state index in [0.29, 0.717) is 17.1 Å².